The Kier molecular flexibility index (Phi) is 7.13. The second kappa shape index (κ2) is 8.43. The first-order chi connectivity index (χ1) is 8.27. The minimum atomic E-state index is 0.144. The van der Waals surface area contributed by atoms with Crippen molar-refractivity contribution in [1.82, 2.24) is 0 Å². The molecule has 0 aliphatic rings. The maximum atomic E-state index is 5.96. The molecule has 0 amide bonds. The Morgan fingerprint density at radius 2 is 1.94 bits per heavy atom. The van der Waals surface area contributed by atoms with Crippen LogP contribution in [0.15, 0.2) is 24.3 Å². The van der Waals surface area contributed by atoms with E-state index < -0.39 is 0 Å². The topological polar surface area (TPSA) is 35.2 Å². The third kappa shape index (κ3) is 5.46. The third-order valence-electron chi connectivity index (χ3n) is 2.65. The number of ether oxygens (including phenoxy) is 1. The average Bonchev–Trinajstić information content (AvgIpc) is 2.38. The number of hydrogen-bond donors (Lipinski definition) is 1. The van der Waals surface area contributed by atoms with Crippen LogP contribution >= 0.6 is 11.8 Å². The zero-order chi connectivity index (χ0) is 12.5. The predicted octanol–water partition coefficient (Wildman–Crippen LogP) is 3.62. The van der Waals surface area contributed by atoms with Gasteiger partial charge in [-0.2, -0.15) is 11.8 Å². The Balaban J connectivity index is 2.30. The molecular formula is C14H23NOS. The Labute approximate surface area is 109 Å². The van der Waals surface area contributed by atoms with Crippen molar-refractivity contribution in [3.8, 4) is 5.75 Å². The molecule has 1 aromatic rings. The summed E-state index contributed by atoms with van der Waals surface area (Å²) in [6.45, 7) is 5.08. The van der Waals surface area contributed by atoms with E-state index in [9.17, 15) is 0 Å². The number of thioether (sulfide) groups is 1. The maximum Gasteiger partial charge on any atom is 0.119 e. The Morgan fingerprint density at radius 3 is 2.53 bits per heavy atom. The molecule has 2 N–H and O–H groups in total. The van der Waals surface area contributed by atoms with Crippen LogP contribution in [0.2, 0.25) is 0 Å². The molecule has 1 aromatic carbocycles. The number of hydrogen-bond acceptors (Lipinski definition) is 3. The molecule has 1 atom stereocenters. The van der Waals surface area contributed by atoms with Crippen molar-refractivity contribution in [2.45, 2.75) is 32.7 Å². The second-order valence-electron chi connectivity index (χ2n) is 3.98. The summed E-state index contributed by atoms with van der Waals surface area (Å²) < 4.78 is 5.67. The van der Waals surface area contributed by atoms with Crippen LogP contribution in [0.1, 0.15) is 38.3 Å². The fourth-order valence-electron chi connectivity index (χ4n) is 1.54. The normalized spacial score (nSPS) is 12.4. The fourth-order valence-corrected chi connectivity index (χ4v) is 2.15. The monoisotopic (exact) mass is 253 g/mol. The lowest BCUT2D eigenvalue weighted by Crippen LogP contribution is -2.08. The predicted molar refractivity (Wildman–Crippen MR) is 76.8 cm³/mol. The van der Waals surface area contributed by atoms with Gasteiger partial charge >= 0.3 is 0 Å². The molecule has 0 heterocycles. The highest BCUT2D eigenvalue weighted by Crippen LogP contribution is 2.18. The maximum absolute atomic E-state index is 5.96. The smallest absolute Gasteiger partial charge is 0.119 e. The molecule has 0 fully saturated rings. The number of benzene rings is 1. The third-order valence-corrected chi connectivity index (χ3v) is 3.64. The van der Waals surface area contributed by atoms with Gasteiger partial charge in [0.2, 0.25) is 0 Å². The highest BCUT2D eigenvalue weighted by Gasteiger charge is 2.02. The molecule has 17 heavy (non-hydrogen) atoms. The van der Waals surface area contributed by atoms with Gasteiger partial charge < -0.3 is 10.5 Å². The largest absolute Gasteiger partial charge is 0.494 e. The summed E-state index contributed by atoms with van der Waals surface area (Å²) in [7, 11) is 0. The van der Waals surface area contributed by atoms with Crippen LogP contribution in [0.25, 0.3) is 0 Å². The zero-order valence-electron chi connectivity index (χ0n) is 10.8. The lowest BCUT2D eigenvalue weighted by molar-refractivity contribution is 0.318. The molecule has 2 nitrogen and oxygen atoms in total. The van der Waals surface area contributed by atoms with Gasteiger partial charge in [0.25, 0.3) is 0 Å². The van der Waals surface area contributed by atoms with Crippen molar-refractivity contribution < 1.29 is 4.74 Å². The molecule has 0 aliphatic carbocycles. The van der Waals surface area contributed by atoms with E-state index in [1.54, 1.807) is 0 Å². The van der Waals surface area contributed by atoms with Gasteiger partial charge in [0, 0.05) is 6.04 Å². The first kappa shape index (κ1) is 14.4. The summed E-state index contributed by atoms with van der Waals surface area (Å²) in [5.74, 6) is 3.30. The summed E-state index contributed by atoms with van der Waals surface area (Å²) >= 11 is 1.96. The van der Waals surface area contributed by atoms with Gasteiger partial charge in [-0.1, -0.05) is 26.0 Å². The quantitative estimate of drug-likeness (QED) is 0.719. The van der Waals surface area contributed by atoms with Crippen LogP contribution in [-0.2, 0) is 0 Å². The molecule has 0 aliphatic heterocycles. The van der Waals surface area contributed by atoms with E-state index in [-0.39, 0.29) is 6.04 Å². The van der Waals surface area contributed by atoms with Crippen LogP contribution in [0.3, 0.4) is 0 Å². The molecular weight excluding hydrogens is 230 g/mol. The van der Waals surface area contributed by atoms with Gasteiger partial charge in [-0.25, -0.2) is 0 Å². The Bertz CT molecular complexity index is 300. The lowest BCUT2D eigenvalue weighted by Gasteiger charge is -2.10. The van der Waals surface area contributed by atoms with Gasteiger partial charge in [-0.05, 0) is 42.0 Å². The Morgan fingerprint density at radius 1 is 1.24 bits per heavy atom. The number of nitrogens with two attached hydrogens (primary N) is 1. The van der Waals surface area contributed by atoms with Gasteiger partial charge in [0.1, 0.15) is 5.75 Å². The van der Waals surface area contributed by atoms with Crippen LogP contribution in [0.4, 0.5) is 0 Å². The molecule has 96 valence electrons. The lowest BCUT2D eigenvalue weighted by atomic mass is 10.1. The van der Waals surface area contributed by atoms with Gasteiger partial charge in [0.15, 0.2) is 0 Å². The Hall–Kier alpha value is -0.670. The van der Waals surface area contributed by atoms with Crippen LogP contribution in [0, 0.1) is 0 Å². The summed E-state index contributed by atoms with van der Waals surface area (Å²) in [5.41, 5.74) is 7.14. The summed E-state index contributed by atoms with van der Waals surface area (Å²) in [5, 5.41) is 0. The SMILES string of the molecule is CCSCCCOc1ccc(C(N)CC)cc1. The summed E-state index contributed by atoms with van der Waals surface area (Å²) in [6.07, 6.45) is 2.07. The van der Waals surface area contributed by atoms with E-state index in [1.165, 1.54) is 17.1 Å². The first-order valence-corrected chi connectivity index (χ1v) is 7.49. The van der Waals surface area contributed by atoms with Crippen LogP contribution in [-0.4, -0.2) is 18.1 Å². The molecule has 0 bridgehead atoms. The molecule has 0 spiro atoms. The van der Waals surface area contributed by atoms with Crippen molar-refractivity contribution in [2.75, 3.05) is 18.1 Å². The van der Waals surface area contributed by atoms with E-state index in [0.717, 1.165) is 25.2 Å². The zero-order valence-corrected chi connectivity index (χ0v) is 11.6. The molecule has 0 aromatic heterocycles. The van der Waals surface area contributed by atoms with Crippen LogP contribution in [0.5, 0.6) is 5.75 Å². The van der Waals surface area contributed by atoms with E-state index in [1.807, 2.05) is 23.9 Å². The van der Waals surface area contributed by atoms with Crippen molar-refractivity contribution in [2.24, 2.45) is 5.73 Å². The highest BCUT2D eigenvalue weighted by atomic mass is 32.2. The van der Waals surface area contributed by atoms with Gasteiger partial charge in [0.05, 0.1) is 6.61 Å². The van der Waals surface area contributed by atoms with E-state index in [4.69, 9.17) is 10.5 Å². The van der Waals surface area contributed by atoms with Crippen molar-refractivity contribution in [3.63, 3.8) is 0 Å². The van der Waals surface area contributed by atoms with Crippen molar-refractivity contribution in [1.29, 1.82) is 0 Å². The average molecular weight is 253 g/mol. The van der Waals surface area contributed by atoms with Gasteiger partial charge in [-0.15, -0.1) is 0 Å². The minimum Gasteiger partial charge on any atom is -0.494 e. The first-order valence-electron chi connectivity index (χ1n) is 6.34. The molecule has 1 rings (SSSR count). The standard InChI is InChI=1S/C14H23NOS/c1-3-14(15)12-6-8-13(9-7-12)16-10-5-11-17-4-2/h6-9,14H,3-5,10-11,15H2,1-2H3. The highest BCUT2D eigenvalue weighted by molar-refractivity contribution is 7.99. The second-order valence-corrected chi connectivity index (χ2v) is 5.38. The van der Waals surface area contributed by atoms with Gasteiger partial charge in [-0.3, -0.25) is 0 Å². The molecule has 1 unspecified atom stereocenters. The van der Waals surface area contributed by atoms with E-state index >= 15 is 0 Å². The van der Waals surface area contributed by atoms with E-state index in [2.05, 4.69) is 26.0 Å². The summed E-state index contributed by atoms with van der Waals surface area (Å²) in [4.78, 5) is 0. The molecule has 0 saturated carbocycles. The molecule has 3 heteroatoms. The van der Waals surface area contributed by atoms with Crippen LogP contribution < -0.4 is 10.5 Å². The fraction of sp³-hybridized carbons (Fsp3) is 0.571. The van der Waals surface area contributed by atoms with Crippen molar-refractivity contribution in [3.05, 3.63) is 29.8 Å². The number of rotatable bonds is 8. The molecule has 0 radical (unpaired) electrons. The summed E-state index contributed by atoms with van der Waals surface area (Å²) in [6, 6.07) is 8.29. The van der Waals surface area contributed by atoms with E-state index in [0.29, 0.717) is 0 Å². The van der Waals surface area contributed by atoms with Crippen molar-refractivity contribution >= 4 is 11.8 Å². The molecule has 0 saturated heterocycles. The minimum absolute atomic E-state index is 0.144.